The van der Waals surface area contributed by atoms with Crippen LogP contribution in [0.2, 0.25) is 0 Å². The third-order valence-electron chi connectivity index (χ3n) is 7.04. The number of benzene rings is 4. The molecule has 4 aromatic heterocycles. The molecule has 0 spiro atoms. The Bertz CT molecular complexity index is 2120. The van der Waals surface area contributed by atoms with Crippen LogP contribution in [0.25, 0.3) is 61.4 Å². The van der Waals surface area contributed by atoms with Gasteiger partial charge in [0.25, 0.3) is 0 Å². The Morgan fingerprint density at radius 1 is 0.791 bits per heavy atom. The minimum absolute atomic E-state index is 0. The van der Waals surface area contributed by atoms with Crippen LogP contribution >= 0.6 is 0 Å². The predicted molar refractivity (Wildman–Crippen MR) is 164 cm³/mol. The van der Waals surface area contributed by atoms with E-state index < -0.39 is 0 Å². The summed E-state index contributed by atoms with van der Waals surface area (Å²) in [4.78, 5) is 13.7. The Hall–Kier alpha value is -4.97. The van der Waals surface area contributed by atoms with Crippen LogP contribution in [0.15, 0.2) is 126 Å². The number of fused-ring (bicyclic) bond motifs is 4. The molecule has 0 unspecified atom stereocenters. The number of nitrogens with zero attached hydrogens (tertiary/aromatic N) is 4. The van der Waals surface area contributed by atoms with E-state index in [1.807, 2.05) is 115 Å². The second-order valence-corrected chi connectivity index (χ2v) is 9.71. The number of hydrogen-bond acceptors (Lipinski definition) is 4. The Morgan fingerprint density at radius 3 is 2.37 bits per heavy atom. The SMILES string of the molecule is Cc1ccnc2c1nc(-c1[c-]cc(F)c3c1oc1ccccc13)n2-c1ccccc1.[Ir].[c-]1ccccc1-c1ccccn1. The zero-order valence-electron chi connectivity index (χ0n) is 23.0. The van der Waals surface area contributed by atoms with Crippen LogP contribution in [0, 0.1) is 24.9 Å². The van der Waals surface area contributed by atoms with Gasteiger partial charge in [-0.3, -0.25) is 9.37 Å². The molecular formula is C36H23FIrN4O-2. The van der Waals surface area contributed by atoms with Crippen LogP contribution in [0.3, 0.4) is 0 Å². The molecule has 0 bridgehead atoms. The van der Waals surface area contributed by atoms with Crippen LogP contribution in [0.1, 0.15) is 5.56 Å². The fourth-order valence-corrected chi connectivity index (χ4v) is 5.06. The molecule has 0 saturated heterocycles. The van der Waals surface area contributed by atoms with Gasteiger partial charge in [0.1, 0.15) is 5.58 Å². The van der Waals surface area contributed by atoms with Crippen LogP contribution in [0.5, 0.6) is 0 Å². The Labute approximate surface area is 261 Å². The fourth-order valence-electron chi connectivity index (χ4n) is 5.06. The summed E-state index contributed by atoms with van der Waals surface area (Å²) in [6.07, 6.45) is 3.56. The minimum atomic E-state index is -0.365. The van der Waals surface area contributed by atoms with Gasteiger partial charge in [-0.15, -0.1) is 48.0 Å². The normalized spacial score (nSPS) is 10.8. The van der Waals surface area contributed by atoms with Gasteiger partial charge in [-0.2, -0.15) is 0 Å². The van der Waals surface area contributed by atoms with Crippen molar-refractivity contribution >= 4 is 33.1 Å². The number of aromatic nitrogens is 4. The van der Waals surface area contributed by atoms with Gasteiger partial charge in [0.2, 0.25) is 0 Å². The maximum atomic E-state index is 14.8. The zero-order chi connectivity index (χ0) is 28.5. The molecule has 8 aromatic rings. The van der Waals surface area contributed by atoms with Crippen molar-refractivity contribution in [2.24, 2.45) is 0 Å². The van der Waals surface area contributed by atoms with Gasteiger partial charge in [-0.05, 0) is 53.9 Å². The Morgan fingerprint density at radius 2 is 1.58 bits per heavy atom. The maximum absolute atomic E-state index is 14.8. The molecule has 4 aromatic carbocycles. The van der Waals surface area contributed by atoms with Crippen molar-refractivity contribution < 1.29 is 28.9 Å². The molecule has 0 aliphatic heterocycles. The van der Waals surface area contributed by atoms with Crippen LogP contribution < -0.4 is 0 Å². The number of hydrogen-bond donors (Lipinski definition) is 0. The summed E-state index contributed by atoms with van der Waals surface area (Å²) in [5, 5.41) is 1.17. The van der Waals surface area contributed by atoms with Gasteiger partial charge in [0.15, 0.2) is 5.65 Å². The zero-order valence-corrected chi connectivity index (χ0v) is 25.4. The van der Waals surface area contributed by atoms with E-state index in [9.17, 15) is 4.39 Å². The van der Waals surface area contributed by atoms with Gasteiger partial charge in [0.05, 0.1) is 16.9 Å². The van der Waals surface area contributed by atoms with E-state index in [4.69, 9.17) is 9.40 Å². The molecule has 7 heteroatoms. The third kappa shape index (κ3) is 5.25. The van der Waals surface area contributed by atoms with Gasteiger partial charge in [-0.25, -0.2) is 4.98 Å². The van der Waals surface area contributed by atoms with Crippen LogP contribution in [-0.4, -0.2) is 19.5 Å². The number of aryl methyl sites for hydroxylation is 1. The molecule has 0 fully saturated rings. The minimum Gasteiger partial charge on any atom is -0.500 e. The molecule has 8 rings (SSSR count). The van der Waals surface area contributed by atoms with Crippen LogP contribution in [-0.2, 0) is 20.1 Å². The average molecular weight is 739 g/mol. The number of rotatable bonds is 3. The molecule has 0 saturated carbocycles. The summed E-state index contributed by atoms with van der Waals surface area (Å²) in [5.74, 6) is 0.248. The van der Waals surface area contributed by atoms with E-state index in [1.54, 1.807) is 12.4 Å². The summed E-state index contributed by atoms with van der Waals surface area (Å²) in [7, 11) is 0. The van der Waals surface area contributed by atoms with Gasteiger partial charge >= 0.3 is 0 Å². The molecule has 1 radical (unpaired) electrons. The first-order chi connectivity index (χ1) is 20.7. The second kappa shape index (κ2) is 12.1. The van der Waals surface area contributed by atoms with E-state index in [1.165, 1.54) is 6.07 Å². The first-order valence-corrected chi connectivity index (χ1v) is 13.5. The van der Waals surface area contributed by atoms with E-state index in [0.29, 0.717) is 27.9 Å². The monoisotopic (exact) mass is 739 g/mol. The molecule has 211 valence electrons. The van der Waals surface area contributed by atoms with E-state index in [0.717, 1.165) is 39.1 Å². The average Bonchev–Trinajstić information content (AvgIpc) is 3.64. The molecule has 0 atom stereocenters. The third-order valence-corrected chi connectivity index (χ3v) is 7.04. The van der Waals surface area contributed by atoms with Crippen molar-refractivity contribution in [3.05, 3.63) is 145 Å². The Kier molecular flexibility index (Phi) is 7.92. The first-order valence-electron chi connectivity index (χ1n) is 13.5. The molecule has 0 aliphatic rings. The van der Waals surface area contributed by atoms with Crippen LogP contribution in [0.4, 0.5) is 4.39 Å². The summed E-state index contributed by atoms with van der Waals surface area (Å²) < 4.78 is 22.9. The smallest absolute Gasteiger partial charge is 0.155 e. The summed E-state index contributed by atoms with van der Waals surface area (Å²) in [6, 6.07) is 40.5. The molecule has 5 nitrogen and oxygen atoms in total. The summed E-state index contributed by atoms with van der Waals surface area (Å²) in [5.41, 5.74) is 7.12. The molecule has 0 amide bonds. The Balaban J connectivity index is 0.000000213. The van der Waals surface area contributed by atoms with Gasteiger partial charge in [0, 0.05) is 49.4 Å². The van der Waals surface area contributed by atoms with E-state index in [2.05, 4.69) is 22.1 Å². The van der Waals surface area contributed by atoms with Crippen molar-refractivity contribution in [2.75, 3.05) is 0 Å². The number of para-hydroxylation sites is 2. The number of furan rings is 1. The molecule has 4 heterocycles. The number of imidazole rings is 1. The van der Waals surface area contributed by atoms with E-state index >= 15 is 0 Å². The fraction of sp³-hybridized carbons (Fsp3) is 0.0278. The number of pyridine rings is 2. The second-order valence-electron chi connectivity index (χ2n) is 9.71. The summed E-state index contributed by atoms with van der Waals surface area (Å²) >= 11 is 0. The predicted octanol–water partition coefficient (Wildman–Crippen LogP) is 8.78. The van der Waals surface area contributed by atoms with Crippen molar-refractivity contribution in [1.82, 2.24) is 19.5 Å². The van der Waals surface area contributed by atoms with Crippen molar-refractivity contribution in [2.45, 2.75) is 6.92 Å². The standard InChI is InChI=1S/C25H15FN3O.C11H8N.Ir/c1-15-13-14-27-25-22(15)28-24(29(25)16-7-3-2-4-8-16)18-11-12-19(26)21-17-9-5-6-10-20(17)30-23(18)21;1-2-6-10(7-3-1)11-8-4-5-9-12-11;/h2-10,12-14H,1H3;1-6,8-9H;/q2*-1;. The van der Waals surface area contributed by atoms with Crippen molar-refractivity contribution in [3.8, 4) is 28.3 Å². The topological polar surface area (TPSA) is 56.7 Å². The van der Waals surface area contributed by atoms with E-state index in [-0.39, 0.29) is 25.9 Å². The van der Waals surface area contributed by atoms with Crippen molar-refractivity contribution in [1.29, 1.82) is 0 Å². The molecule has 0 N–H and O–H groups in total. The first kappa shape index (κ1) is 28.2. The van der Waals surface area contributed by atoms with Gasteiger partial charge in [-0.1, -0.05) is 54.1 Å². The van der Waals surface area contributed by atoms with Gasteiger partial charge < -0.3 is 14.0 Å². The molecule has 43 heavy (non-hydrogen) atoms. The molecular weight excluding hydrogens is 716 g/mol. The summed E-state index contributed by atoms with van der Waals surface area (Å²) in [6.45, 7) is 2.00. The maximum Gasteiger partial charge on any atom is 0.155 e. The quantitative estimate of drug-likeness (QED) is 0.170. The van der Waals surface area contributed by atoms with Crippen molar-refractivity contribution in [3.63, 3.8) is 0 Å². The molecule has 0 aliphatic carbocycles. The number of halogens is 1. The largest absolute Gasteiger partial charge is 0.500 e.